The molecule has 2 atom stereocenters. The van der Waals surface area contributed by atoms with Crippen LogP contribution in [0.25, 0.3) is 10.9 Å². The van der Waals surface area contributed by atoms with E-state index in [0.29, 0.717) is 10.9 Å². The maximum absolute atomic E-state index is 13.9. The number of para-hydroxylation sites is 1. The van der Waals surface area contributed by atoms with Gasteiger partial charge in [0.2, 0.25) is 0 Å². The molecule has 6 heteroatoms. The topological polar surface area (TPSA) is 33.1 Å². The average molecular weight is 366 g/mol. The molecule has 2 nitrogen and oxygen atoms in total. The third-order valence-corrected chi connectivity index (χ3v) is 4.81. The molecule has 0 bridgehead atoms. The first-order chi connectivity index (χ1) is 11.7. The van der Waals surface area contributed by atoms with Gasteiger partial charge in [0, 0.05) is 28.1 Å². The van der Waals surface area contributed by atoms with Crippen LogP contribution in [0.5, 0.6) is 0 Å². The van der Waals surface area contributed by atoms with E-state index in [9.17, 15) is 18.3 Å². The zero-order valence-electron chi connectivity index (χ0n) is 13.3. The molecule has 0 aliphatic rings. The van der Waals surface area contributed by atoms with E-state index in [0.717, 1.165) is 6.20 Å². The van der Waals surface area contributed by atoms with Gasteiger partial charge in [0.25, 0.3) is 0 Å². The van der Waals surface area contributed by atoms with E-state index in [4.69, 9.17) is 11.6 Å². The van der Waals surface area contributed by atoms with Crippen molar-refractivity contribution >= 4 is 22.5 Å². The van der Waals surface area contributed by atoms with E-state index in [1.165, 1.54) is 25.1 Å². The first-order valence-corrected chi connectivity index (χ1v) is 8.01. The molecule has 130 valence electrons. The lowest BCUT2D eigenvalue weighted by Crippen LogP contribution is -2.46. The van der Waals surface area contributed by atoms with Gasteiger partial charge in [-0.05, 0) is 23.8 Å². The van der Waals surface area contributed by atoms with Crippen LogP contribution in [0.4, 0.5) is 13.2 Å². The standard InChI is InChI=1S/C19H15ClF3NO/c1-12(15-7-3-4-8-16(15)20)18(25,19(21,22)23)14-10-13-6-2-5-9-17(13)24-11-14/h2-12,25H,1H3. The number of pyridine rings is 1. The summed E-state index contributed by atoms with van der Waals surface area (Å²) in [5.74, 6) is -1.32. The molecule has 0 spiro atoms. The Labute approximate surface area is 147 Å². The monoisotopic (exact) mass is 365 g/mol. The van der Waals surface area contributed by atoms with E-state index >= 15 is 0 Å². The van der Waals surface area contributed by atoms with Crippen LogP contribution >= 0.6 is 11.6 Å². The Bertz CT molecular complexity index is 912. The summed E-state index contributed by atoms with van der Waals surface area (Å²) in [6, 6.07) is 14.3. The van der Waals surface area contributed by atoms with Crippen molar-refractivity contribution in [2.75, 3.05) is 0 Å². The molecule has 0 aliphatic carbocycles. The van der Waals surface area contributed by atoms with Crippen LogP contribution in [0.3, 0.4) is 0 Å². The molecule has 0 fully saturated rings. The number of halogens is 4. The van der Waals surface area contributed by atoms with Crippen LogP contribution in [-0.4, -0.2) is 16.3 Å². The van der Waals surface area contributed by atoms with Gasteiger partial charge in [-0.3, -0.25) is 4.98 Å². The molecular weight excluding hydrogens is 351 g/mol. The minimum Gasteiger partial charge on any atom is -0.376 e. The average Bonchev–Trinajstić information content (AvgIpc) is 2.59. The molecule has 2 unspecified atom stereocenters. The van der Waals surface area contributed by atoms with Gasteiger partial charge in [-0.25, -0.2) is 0 Å². The Hall–Kier alpha value is -2.11. The van der Waals surface area contributed by atoms with Crippen LogP contribution < -0.4 is 0 Å². The number of aromatic nitrogens is 1. The zero-order chi connectivity index (χ0) is 18.2. The van der Waals surface area contributed by atoms with Crippen LogP contribution in [0, 0.1) is 0 Å². The second kappa shape index (κ2) is 6.32. The minimum absolute atomic E-state index is 0.173. The highest BCUT2D eigenvalue weighted by molar-refractivity contribution is 6.31. The number of hydrogen-bond acceptors (Lipinski definition) is 2. The SMILES string of the molecule is CC(c1ccccc1Cl)C(O)(c1cnc2ccccc2c1)C(F)(F)F. The third-order valence-electron chi connectivity index (χ3n) is 4.46. The Morgan fingerprint density at radius 3 is 2.36 bits per heavy atom. The Morgan fingerprint density at radius 2 is 1.68 bits per heavy atom. The number of rotatable bonds is 3. The molecular formula is C19H15ClF3NO. The molecule has 3 rings (SSSR count). The lowest BCUT2D eigenvalue weighted by Gasteiger charge is -2.36. The third kappa shape index (κ3) is 2.98. The van der Waals surface area contributed by atoms with Gasteiger partial charge in [0.05, 0.1) is 5.52 Å². The highest BCUT2D eigenvalue weighted by Crippen LogP contribution is 2.49. The van der Waals surface area contributed by atoms with Crippen molar-refractivity contribution in [3.63, 3.8) is 0 Å². The van der Waals surface area contributed by atoms with Crippen molar-refractivity contribution in [3.8, 4) is 0 Å². The van der Waals surface area contributed by atoms with Gasteiger partial charge in [-0.1, -0.05) is 54.9 Å². The number of benzene rings is 2. The van der Waals surface area contributed by atoms with E-state index in [-0.39, 0.29) is 16.1 Å². The molecule has 25 heavy (non-hydrogen) atoms. The van der Waals surface area contributed by atoms with Gasteiger partial charge < -0.3 is 5.11 Å². The van der Waals surface area contributed by atoms with Crippen LogP contribution in [-0.2, 0) is 5.60 Å². The Morgan fingerprint density at radius 1 is 1.04 bits per heavy atom. The molecule has 2 aromatic carbocycles. The molecule has 0 saturated heterocycles. The van der Waals surface area contributed by atoms with Crippen molar-refractivity contribution in [2.45, 2.75) is 24.6 Å². The van der Waals surface area contributed by atoms with Crippen molar-refractivity contribution in [1.29, 1.82) is 0 Å². The fourth-order valence-corrected chi connectivity index (χ4v) is 3.29. The number of nitrogens with zero attached hydrogens (tertiary/aromatic N) is 1. The molecule has 0 amide bonds. The summed E-state index contributed by atoms with van der Waals surface area (Å²) in [6.07, 6.45) is -3.83. The van der Waals surface area contributed by atoms with E-state index < -0.39 is 17.7 Å². The Kier molecular flexibility index (Phi) is 4.47. The molecule has 1 heterocycles. The minimum atomic E-state index is -4.91. The highest BCUT2D eigenvalue weighted by Gasteiger charge is 2.59. The quantitative estimate of drug-likeness (QED) is 0.670. The lowest BCUT2D eigenvalue weighted by molar-refractivity contribution is -0.274. The maximum atomic E-state index is 13.9. The van der Waals surface area contributed by atoms with Gasteiger partial charge >= 0.3 is 6.18 Å². The number of alkyl halides is 3. The first-order valence-electron chi connectivity index (χ1n) is 7.64. The predicted octanol–water partition coefficient (Wildman–Crippen LogP) is 5.44. The molecule has 1 aromatic heterocycles. The second-order valence-corrected chi connectivity index (χ2v) is 6.33. The van der Waals surface area contributed by atoms with E-state index in [2.05, 4.69) is 4.98 Å². The number of aliphatic hydroxyl groups is 1. The summed E-state index contributed by atoms with van der Waals surface area (Å²) < 4.78 is 41.8. The van der Waals surface area contributed by atoms with Crippen molar-refractivity contribution < 1.29 is 18.3 Å². The highest BCUT2D eigenvalue weighted by atomic mass is 35.5. The van der Waals surface area contributed by atoms with Gasteiger partial charge in [0.15, 0.2) is 5.60 Å². The Balaban J connectivity index is 2.20. The molecule has 0 radical (unpaired) electrons. The molecule has 0 saturated carbocycles. The summed E-state index contributed by atoms with van der Waals surface area (Å²) in [5, 5.41) is 11.5. The van der Waals surface area contributed by atoms with Crippen LogP contribution in [0.15, 0.2) is 60.8 Å². The van der Waals surface area contributed by atoms with Crippen LogP contribution in [0.1, 0.15) is 24.0 Å². The van der Waals surface area contributed by atoms with E-state index in [1.54, 1.807) is 36.4 Å². The zero-order valence-corrected chi connectivity index (χ0v) is 14.0. The van der Waals surface area contributed by atoms with Crippen molar-refractivity contribution in [2.24, 2.45) is 0 Å². The number of fused-ring (bicyclic) bond motifs is 1. The molecule has 3 aromatic rings. The van der Waals surface area contributed by atoms with Crippen molar-refractivity contribution in [3.05, 3.63) is 76.9 Å². The van der Waals surface area contributed by atoms with Crippen molar-refractivity contribution in [1.82, 2.24) is 4.98 Å². The normalized spacial score (nSPS) is 15.8. The maximum Gasteiger partial charge on any atom is 0.422 e. The summed E-state index contributed by atoms with van der Waals surface area (Å²) in [5.41, 5.74) is -2.65. The van der Waals surface area contributed by atoms with Gasteiger partial charge in [0.1, 0.15) is 0 Å². The largest absolute Gasteiger partial charge is 0.422 e. The fraction of sp³-hybridized carbons (Fsp3) is 0.211. The molecule has 0 aliphatic heterocycles. The number of hydrogen-bond donors (Lipinski definition) is 1. The second-order valence-electron chi connectivity index (χ2n) is 5.92. The first kappa shape index (κ1) is 17.7. The summed E-state index contributed by atoms with van der Waals surface area (Å²) >= 11 is 6.06. The summed E-state index contributed by atoms with van der Waals surface area (Å²) in [6.45, 7) is 1.31. The molecule has 1 N–H and O–H groups in total. The smallest absolute Gasteiger partial charge is 0.376 e. The predicted molar refractivity (Wildman–Crippen MR) is 91.6 cm³/mol. The summed E-state index contributed by atoms with van der Waals surface area (Å²) in [7, 11) is 0. The summed E-state index contributed by atoms with van der Waals surface area (Å²) in [4.78, 5) is 4.07. The fourth-order valence-electron chi connectivity index (χ4n) is 2.99. The van der Waals surface area contributed by atoms with Gasteiger partial charge in [-0.2, -0.15) is 13.2 Å². The van der Waals surface area contributed by atoms with Gasteiger partial charge in [-0.15, -0.1) is 0 Å². The lowest BCUT2D eigenvalue weighted by atomic mass is 9.78. The van der Waals surface area contributed by atoms with E-state index in [1.807, 2.05) is 0 Å². The van der Waals surface area contributed by atoms with Crippen LogP contribution in [0.2, 0.25) is 5.02 Å².